The molecule has 0 saturated carbocycles. The van der Waals surface area contributed by atoms with Gasteiger partial charge < -0.3 is 20.1 Å². The van der Waals surface area contributed by atoms with Gasteiger partial charge in [0, 0.05) is 41.5 Å². The number of anilines is 1. The van der Waals surface area contributed by atoms with Gasteiger partial charge in [0.25, 0.3) is 5.91 Å². The molecular weight excluding hydrogens is 442 g/mol. The fourth-order valence-electron chi connectivity index (χ4n) is 4.23. The fraction of sp³-hybridized carbons (Fsp3) is 0.360. The number of halogens is 1. The minimum atomic E-state index is -0.370. The van der Waals surface area contributed by atoms with Crippen LogP contribution in [0.15, 0.2) is 48.5 Å². The first kappa shape index (κ1) is 23.1. The van der Waals surface area contributed by atoms with Crippen LogP contribution in [-0.4, -0.2) is 61.3 Å². The number of hydrogen-bond acceptors (Lipinski definition) is 5. The molecule has 7 nitrogen and oxygen atoms in total. The van der Waals surface area contributed by atoms with Crippen LogP contribution < -0.4 is 5.73 Å². The predicted molar refractivity (Wildman–Crippen MR) is 128 cm³/mol. The molecule has 2 aromatic rings. The van der Waals surface area contributed by atoms with E-state index < -0.39 is 0 Å². The number of morpholine rings is 1. The zero-order valence-electron chi connectivity index (χ0n) is 18.6. The van der Waals surface area contributed by atoms with Crippen molar-refractivity contribution in [2.24, 2.45) is 0 Å². The molecule has 8 heteroatoms. The summed E-state index contributed by atoms with van der Waals surface area (Å²) < 4.78 is 10.6. The van der Waals surface area contributed by atoms with E-state index in [1.807, 2.05) is 36.4 Å². The third-order valence-corrected chi connectivity index (χ3v) is 6.21. The van der Waals surface area contributed by atoms with Gasteiger partial charge in [-0.15, -0.1) is 0 Å². The molecule has 2 aliphatic heterocycles. The number of carbonyl (C=O) groups excluding carboxylic acids is 2. The Bertz CT molecular complexity index is 1050. The lowest BCUT2D eigenvalue weighted by Gasteiger charge is -2.34. The average Bonchev–Trinajstić information content (AvgIpc) is 2.85. The van der Waals surface area contributed by atoms with Crippen LogP contribution in [0.5, 0.6) is 0 Å². The van der Waals surface area contributed by atoms with Crippen LogP contribution in [0.3, 0.4) is 0 Å². The van der Waals surface area contributed by atoms with Crippen molar-refractivity contribution in [2.75, 3.05) is 45.2 Å². The smallest absolute Gasteiger partial charge is 0.410 e. The molecule has 4 rings (SSSR count). The molecule has 1 atom stereocenters. The Morgan fingerprint density at radius 3 is 2.55 bits per heavy atom. The lowest BCUT2D eigenvalue weighted by atomic mass is 9.91. The van der Waals surface area contributed by atoms with Crippen LogP contribution in [0.25, 0.3) is 5.57 Å². The van der Waals surface area contributed by atoms with Crippen LogP contribution in [0.2, 0.25) is 5.02 Å². The number of benzene rings is 2. The third kappa shape index (κ3) is 5.15. The molecule has 1 saturated heterocycles. The molecule has 2 N–H and O–H groups in total. The topological polar surface area (TPSA) is 85.1 Å². The van der Waals surface area contributed by atoms with Crippen molar-refractivity contribution >= 4 is 34.9 Å². The molecule has 1 fully saturated rings. The van der Waals surface area contributed by atoms with Crippen LogP contribution in [0.1, 0.15) is 40.9 Å². The van der Waals surface area contributed by atoms with Crippen LogP contribution in [0.4, 0.5) is 10.5 Å². The van der Waals surface area contributed by atoms with E-state index in [0.717, 1.165) is 16.7 Å². The van der Waals surface area contributed by atoms with Gasteiger partial charge in [-0.05, 0) is 54.8 Å². The van der Waals surface area contributed by atoms with Crippen molar-refractivity contribution < 1.29 is 19.1 Å². The van der Waals surface area contributed by atoms with Gasteiger partial charge in [-0.3, -0.25) is 9.69 Å². The molecule has 0 spiro atoms. The van der Waals surface area contributed by atoms with Gasteiger partial charge in [-0.2, -0.15) is 0 Å². The highest BCUT2D eigenvalue weighted by atomic mass is 35.5. The average molecular weight is 470 g/mol. The van der Waals surface area contributed by atoms with E-state index in [1.165, 1.54) is 0 Å². The van der Waals surface area contributed by atoms with Crippen LogP contribution in [0, 0.1) is 0 Å². The quantitative estimate of drug-likeness (QED) is 0.671. The second kappa shape index (κ2) is 10.3. The van der Waals surface area contributed by atoms with Crippen molar-refractivity contribution in [3.05, 3.63) is 70.3 Å². The molecule has 2 aliphatic rings. The summed E-state index contributed by atoms with van der Waals surface area (Å²) in [6, 6.07) is 12.5. The Labute approximate surface area is 198 Å². The highest BCUT2D eigenvalue weighted by Crippen LogP contribution is 2.37. The summed E-state index contributed by atoms with van der Waals surface area (Å²) in [5.74, 6) is -0.0151. The van der Waals surface area contributed by atoms with Gasteiger partial charge in [-0.25, -0.2) is 4.79 Å². The molecule has 0 aromatic heterocycles. The molecule has 0 radical (unpaired) electrons. The third-order valence-electron chi connectivity index (χ3n) is 5.98. The summed E-state index contributed by atoms with van der Waals surface area (Å²) >= 11 is 6.21. The van der Waals surface area contributed by atoms with E-state index in [2.05, 4.69) is 0 Å². The van der Waals surface area contributed by atoms with Gasteiger partial charge in [0.1, 0.15) is 0 Å². The Balaban J connectivity index is 1.65. The van der Waals surface area contributed by atoms with Gasteiger partial charge >= 0.3 is 6.09 Å². The SMILES string of the molecule is CCOC(=O)N1CCC(c2cc(Cl)ccc2N)=CC1c1ccc(C(=O)N2CCOCC2)cc1. The summed E-state index contributed by atoms with van der Waals surface area (Å²) in [7, 11) is 0. The largest absolute Gasteiger partial charge is 0.450 e. The van der Waals surface area contributed by atoms with Gasteiger partial charge in [0.15, 0.2) is 0 Å². The van der Waals surface area contributed by atoms with E-state index in [0.29, 0.717) is 62.1 Å². The molecule has 1 unspecified atom stereocenters. The molecule has 0 bridgehead atoms. The van der Waals surface area contributed by atoms with Gasteiger partial charge in [0.2, 0.25) is 0 Å². The second-order valence-corrected chi connectivity index (χ2v) is 8.47. The first-order chi connectivity index (χ1) is 16.0. The van der Waals surface area contributed by atoms with E-state index in [1.54, 1.807) is 28.9 Å². The van der Waals surface area contributed by atoms with E-state index in [-0.39, 0.29) is 18.0 Å². The van der Waals surface area contributed by atoms with E-state index in [4.69, 9.17) is 26.8 Å². The first-order valence-corrected chi connectivity index (χ1v) is 11.5. The lowest BCUT2D eigenvalue weighted by molar-refractivity contribution is 0.0303. The number of nitrogens with two attached hydrogens (primary N) is 1. The molecule has 33 heavy (non-hydrogen) atoms. The highest BCUT2D eigenvalue weighted by molar-refractivity contribution is 6.30. The Kier molecular flexibility index (Phi) is 7.20. The summed E-state index contributed by atoms with van der Waals surface area (Å²) in [5, 5.41) is 0.607. The number of nitrogen functional groups attached to an aromatic ring is 1. The Hall–Kier alpha value is -3.03. The van der Waals surface area contributed by atoms with Gasteiger partial charge in [0.05, 0.1) is 25.9 Å². The maximum absolute atomic E-state index is 12.8. The van der Waals surface area contributed by atoms with Crippen molar-refractivity contribution in [3.8, 4) is 0 Å². The Morgan fingerprint density at radius 2 is 1.85 bits per heavy atom. The molecule has 0 aliphatic carbocycles. The monoisotopic (exact) mass is 469 g/mol. The number of amides is 2. The number of nitrogens with zero attached hydrogens (tertiary/aromatic N) is 2. The van der Waals surface area contributed by atoms with Crippen LogP contribution in [-0.2, 0) is 9.47 Å². The number of hydrogen-bond donors (Lipinski definition) is 1. The number of rotatable bonds is 4. The highest BCUT2D eigenvalue weighted by Gasteiger charge is 2.30. The fourth-order valence-corrected chi connectivity index (χ4v) is 4.41. The second-order valence-electron chi connectivity index (χ2n) is 8.04. The first-order valence-electron chi connectivity index (χ1n) is 11.1. The van der Waals surface area contributed by atoms with Crippen LogP contribution >= 0.6 is 11.6 Å². The normalized spacial score (nSPS) is 18.6. The maximum Gasteiger partial charge on any atom is 0.410 e. The zero-order valence-corrected chi connectivity index (χ0v) is 19.4. The van der Waals surface area contributed by atoms with Gasteiger partial charge in [-0.1, -0.05) is 29.8 Å². The maximum atomic E-state index is 12.8. The minimum absolute atomic E-state index is 0.0151. The van der Waals surface area contributed by atoms with Crippen molar-refractivity contribution in [1.29, 1.82) is 0 Å². The number of ether oxygens (including phenoxy) is 2. The molecule has 2 amide bonds. The number of carbonyl (C=O) groups is 2. The minimum Gasteiger partial charge on any atom is -0.450 e. The standard InChI is InChI=1S/C25H28ClN3O4/c1-2-33-25(31)29-10-9-19(21-16-20(26)7-8-22(21)27)15-23(29)17-3-5-18(6-4-17)24(30)28-11-13-32-14-12-28/h3-8,15-16,23H,2,9-14,27H2,1H3. The predicted octanol–water partition coefficient (Wildman–Crippen LogP) is 4.38. The summed E-state index contributed by atoms with van der Waals surface area (Å²) in [5.41, 5.74) is 10.2. The van der Waals surface area contributed by atoms with E-state index in [9.17, 15) is 9.59 Å². The summed E-state index contributed by atoms with van der Waals surface area (Å²) in [4.78, 5) is 29.0. The lowest BCUT2D eigenvalue weighted by Crippen LogP contribution is -2.40. The molecule has 2 heterocycles. The van der Waals surface area contributed by atoms with Crippen molar-refractivity contribution in [2.45, 2.75) is 19.4 Å². The van der Waals surface area contributed by atoms with Crippen molar-refractivity contribution in [3.63, 3.8) is 0 Å². The van der Waals surface area contributed by atoms with E-state index >= 15 is 0 Å². The summed E-state index contributed by atoms with van der Waals surface area (Å²) in [6.45, 7) is 4.86. The molecular formula is C25H28ClN3O4. The Morgan fingerprint density at radius 1 is 1.12 bits per heavy atom. The zero-order chi connectivity index (χ0) is 23.4. The summed E-state index contributed by atoms with van der Waals surface area (Å²) in [6.07, 6.45) is 2.29. The molecule has 174 valence electrons. The molecule has 2 aromatic carbocycles. The van der Waals surface area contributed by atoms with Crippen molar-refractivity contribution in [1.82, 2.24) is 9.80 Å².